The largest absolute Gasteiger partial charge is 0.507 e. The summed E-state index contributed by atoms with van der Waals surface area (Å²) in [6.07, 6.45) is 0. The molecule has 1 atom stereocenters. The number of amides is 1. The van der Waals surface area contributed by atoms with E-state index in [1.54, 1.807) is 19.9 Å². The van der Waals surface area contributed by atoms with Gasteiger partial charge in [0.15, 0.2) is 0 Å². The summed E-state index contributed by atoms with van der Waals surface area (Å²) in [4.78, 5) is 26.8. The van der Waals surface area contributed by atoms with Crippen molar-refractivity contribution in [2.75, 3.05) is 33.4 Å². The molecule has 2 aromatic carbocycles. The van der Waals surface area contributed by atoms with E-state index in [1.165, 1.54) is 53.9 Å². The molecule has 0 bridgehead atoms. The third-order valence-corrected chi connectivity index (χ3v) is 7.81. The highest BCUT2D eigenvalue weighted by molar-refractivity contribution is 7.89. The van der Waals surface area contributed by atoms with Gasteiger partial charge in [0.2, 0.25) is 10.0 Å². The molecule has 0 aromatic heterocycles. The molecule has 1 saturated heterocycles. The summed E-state index contributed by atoms with van der Waals surface area (Å²) in [5.74, 6) is -2.99. The topological polar surface area (TPSA) is 104 Å². The first-order chi connectivity index (χ1) is 16.2. The minimum Gasteiger partial charge on any atom is -0.507 e. The number of aliphatic hydroxyl groups is 1. The van der Waals surface area contributed by atoms with Crippen molar-refractivity contribution < 1.29 is 32.2 Å². The fourth-order valence-corrected chi connectivity index (χ4v) is 5.43. The molecule has 1 unspecified atom stereocenters. The molecule has 0 aliphatic carbocycles. The second-order valence-corrected chi connectivity index (χ2v) is 9.56. The summed E-state index contributed by atoms with van der Waals surface area (Å²) in [5.41, 5.74) is -0.0878. The van der Waals surface area contributed by atoms with Crippen LogP contribution in [0, 0.1) is 5.82 Å². The van der Waals surface area contributed by atoms with Gasteiger partial charge in [0, 0.05) is 37.9 Å². The van der Waals surface area contributed by atoms with E-state index in [0.29, 0.717) is 13.1 Å². The van der Waals surface area contributed by atoms with E-state index < -0.39 is 39.3 Å². The molecule has 0 spiro atoms. The van der Waals surface area contributed by atoms with Gasteiger partial charge in [-0.25, -0.2) is 12.8 Å². The van der Waals surface area contributed by atoms with Crippen LogP contribution in [-0.2, 0) is 24.3 Å². The van der Waals surface area contributed by atoms with Crippen LogP contribution in [0.15, 0.2) is 59.0 Å². The second-order valence-electron chi connectivity index (χ2n) is 7.62. The molecule has 182 valence electrons. The highest BCUT2D eigenvalue weighted by Gasteiger charge is 2.46. The van der Waals surface area contributed by atoms with E-state index in [0.717, 1.165) is 4.90 Å². The van der Waals surface area contributed by atoms with Crippen LogP contribution in [0.4, 0.5) is 4.39 Å². The Morgan fingerprint density at radius 3 is 2.26 bits per heavy atom. The van der Waals surface area contributed by atoms with Crippen molar-refractivity contribution in [2.45, 2.75) is 24.8 Å². The molecule has 1 heterocycles. The van der Waals surface area contributed by atoms with Crippen LogP contribution in [0.3, 0.4) is 0 Å². The number of hydrogen-bond acceptors (Lipinski definition) is 6. The number of carbonyl (C=O) groups excluding carboxylic acids is 2. The Bertz CT molecular complexity index is 1210. The highest BCUT2D eigenvalue weighted by Crippen LogP contribution is 2.40. The van der Waals surface area contributed by atoms with Gasteiger partial charge in [0.05, 0.1) is 23.1 Å². The Kier molecular flexibility index (Phi) is 7.86. The summed E-state index contributed by atoms with van der Waals surface area (Å²) in [5, 5.41) is 11.0. The van der Waals surface area contributed by atoms with Crippen molar-refractivity contribution in [1.29, 1.82) is 0 Å². The van der Waals surface area contributed by atoms with Crippen LogP contribution < -0.4 is 0 Å². The Hall–Kier alpha value is -3.08. The maximum absolute atomic E-state index is 14.7. The normalized spacial score (nSPS) is 18.1. The molecule has 2 aromatic rings. The number of likely N-dealkylation sites (tertiary alicyclic amines) is 1. The van der Waals surface area contributed by atoms with Gasteiger partial charge in [-0.05, 0) is 30.3 Å². The van der Waals surface area contributed by atoms with Crippen LogP contribution >= 0.6 is 0 Å². The zero-order valence-electron chi connectivity index (χ0n) is 19.2. The number of carbonyl (C=O) groups is 2. The van der Waals surface area contributed by atoms with Crippen molar-refractivity contribution in [3.63, 3.8) is 0 Å². The number of benzene rings is 2. The maximum atomic E-state index is 14.7. The van der Waals surface area contributed by atoms with Gasteiger partial charge in [-0.3, -0.25) is 9.59 Å². The van der Waals surface area contributed by atoms with Gasteiger partial charge in [-0.15, -0.1) is 0 Å². The number of ether oxygens (including phenoxy) is 1. The Labute approximate surface area is 198 Å². The number of ketones is 1. The van der Waals surface area contributed by atoms with E-state index in [2.05, 4.69) is 0 Å². The number of rotatable bonds is 9. The average Bonchev–Trinajstić information content (AvgIpc) is 3.08. The summed E-state index contributed by atoms with van der Waals surface area (Å²) in [6.45, 7) is 4.18. The predicted octanol–water partition coefficient (Wildman–Crippen LogP) is 2.92. The first kappa shape index (κ1) is 25.5. The van der Waals surface area contributed by atoms with E-state index in [9.17, 15) is 27.5 Å². The SMILES string of the molecule is CCN(CC)S(=O)(=O)c1ccc(/C(O)=C2\C(=O)C(=O)N(CCOC)C2c2ccccc2F)cc1. The minimum atomic E-state index is -3.72. The average molecular weight is 491 g/mol. The predicted molar refractivity (Wildman–Crippen MR) is 124 cm³/mol. The molecule has 3 rings (SSSR count). The molecular formula is C24H27FN2O6S. The van der Waals surface area contributed by atoms with E-state index in [1.807, 2.05) is 0 Å². The lowest BCUT2D eigenvalue weighted by Gasteiger charge is -2.25. The molecule has 10 heteroatoms. The molecular weight excluding hydrogens is 463 g/mol. The molecule has 0 radical (unpaired) electrons. The third kappa shape index (κ3) is 4.61. The quantitative estimate of drug-likeness (QED) is 0.329. The number of nitrogens with zero attached hydrogens (tertiary/aromatic N) is 2. The third-order valence-electron chi connectivity index (χ3n) is 5.75. The lowest BCUT2D eigenvalue weighted by molar-refractivity contribution is -0.140. The van der Waals surface area contributed by atoms with Crippen LogP contribution in [0.5, 0.6) is 0 Å². The zero-order valence-corrected chi connectivity index (χ0v) is 20.0. The molecule has 34 heavy (non-hydrogen) atoms. The number of Topliss-reactive ketones (excluding diaryl/α,β-unsaturated/α-hetero) is 1. The number of methoxy groups -OCH3 is 1. The molecule has 0 saturated carbocycles. The second kappa shape index (κ2) is 10.5. The lowest BCUT2D eigenvalue weighted by Crippen LogP contribution is -2.33. The molecule has 1 aliphatic heterocycles. The van der Waals surface area contributed by atoms with E-state index in [-0.39, 0.29) is 34.7 Å². The van der Waals surface area contributed by atoms with Crippen molar-refractivity contribution in [1.82, 2.24) is 9.21 Å². The summed E-state index contributed by atoms with van der Waals surface area (Å²) in [6, 6.07) is 9.90. The van der Waals surface area contributed by atoms with Crippen LogP contribution in [0.1, 0.15) is 31.0 Å². The Morgan fingerprint density at radius 2 is 1.71 bits per heavy atom. The molecule has 1 fully saturated rings. The fraction of sp³-hybridized carbons (Fsp3) is 0.333. The molecule has 1 amide bonds. The summed E-state index contributed by atoms with van der Waals surface area (Å²) in [7, 11) is -2.28. The summed E-state index contributed by atoms with van der Waals surface area (Å²) < 4.78 is 46.5. The van der Waals surface area contributed by atoms with Gasteiger partial charge in [-0.1, -0.05) is 32.0 Å². The van der Waals surface area contributed by atoms with Gasteiger partial charge in [0.1, 0.15) is 11.6 Å². The van der Waals surface area contributed by atoms with Crippen molar-refractivity contribution in [3.05, 3.63) is 71.0 Å². The fourth-order valence-electron chi connectivity index (χ4n) is 3.97. The minimum absolute atomic E-state index is 0.0118. The van der Waals surface area contributed by atoms with Gasteiger partial charge in [0.25, 0.3) is 11.7 Å². The number of hydrogen-bond donors (Lipinski definition) is 1. The van der Waals surface area contributed by atoms with Gasteiger partial charge >= 0.3 is 0 Å². The maximum Gasteiger partial charge on any atom is 0.295 e. The van der Waals surface area contributed by atoms with Crippen molar-refractivity contribution in [2.24, 2.45) is 0 Å². The van der Waals surface area contributed by atoms with Crippen LogP contribution in [0.25, 0.3) is 5.76 Å². The van der Waals surface area contributed by atoms with Crippen molar-refractivity contribution >= 4 is 27.5 Å². The van der Waals surface area contributed by atoms with Gasteiger partial charge < -0.3 is 14.7 Å². The molecule has 8 nitrogen and oxygen atoms in total. The van der Waals surface area contributed by atoms with E-state index >= 15 is 0 Å². The highest BCUT2D eigenvalue weighted by atomic mass is 32.2. The van der Waals surface area contributed by atoms with Crippen molar-refractivity contribution in [3.8, 4) is 0 Å². The Balaban J connectivity index is 2.11. The first-order valence-corrected chi connectivity index (χ1v) is 12.2. The van der Waals surface area contributed by atoms with Gasteiger partial charge in [-0.2, -0.15) is 4.31 Å². The standard InChI is InChI=1S/C24H27FN2O6S/c1-4-26(5-2)34(31,32)17-12-10-16(11-13-17)22(28)20-21(18-8-6-7-9-19(18)25)27(14-15-33-3)24(30)23(20)29/h6-13,21,28H,4-5,14-15H2,1-3H3/b22-20+. The Morgan fingerprint density at radius 1 is 1.09 bits per heavy atom. The monoisotopic (exact) mass is 490 g/mol. The smallest absolute Gasteiger partial charge is 0.295 e. The summed E-state index contributed by atoms with van der Waals surface area (Å²) >= 11 is 0. The molecule has 1 aliphatic rings. The van der Waals surface area contributed by atoms with Crippen LogP contribution in [-0.4, -0.2) is 67.8 Å². The zero-order chi connectivity index (χ0) is 25.0. The first-order valence-electron chi connectivity index (χ1n) is 10.8. The lowest BCUT2D eigenvalue weighted by atomic mass is 9.95. The van der Waals surface area contributed by atoms with Crippen LogP contribution in [0.2, 0.25) is 0 Å². The molecule has 1 N–H and O–H groups in total. The number of sulfonamides is 1. The number of halogens is 1. The van der Waals surface area contributed by atoms with E-state index in [4.69, 9.17) is 4.74 Å². The number of aliphatic hydroxyl groups excluding tert-OH is 1.